The van der Waals surface area contributed by atoms with Crippen molar-refractivity contribution in [3.8, 4) is 0 Å². The summed E-state index contributed by atoms with van der Waals surface area (Å²) in [6.45, 7) is 6.27. The summed E-state index contributed by atoms with van der Waals surface area (Å²) in [6.07, 6.45) is 4.28. The van der Waals surface area contributed by atoms with Gasteiger partial charge in [0.1, 0.15) is 0 Å². The summed E-state index contributed by atoms with van der Waals surface area (Å²) in [4.78, 5) is 2.42. The quantitative estimate of drug-likeness (QED) is 0.294. The van der Waals surface area contributed by atoms with Crippen LogP contribution in [0.25, 0.3) is 21.7 Å². The zero-order chi connectivity index (χ0) is 24.7. The highest BCUT2D eigenvalue weighted by Gasteiger charge is 2.32. The monoisotopic (exact) mass is 489 g/mol. The van der Waals surface area contributed by atoms with Crippen LogP contribution in [0.3, 0.4) is 0 Å². The Morgan fingerprint density at radius 2 is 1.71 bits per heavy atom. The summed E-state index contributed by atoms with van der Waals surface area (Å²) < 4.78 is 32.2. The molecule has 5 rings (SSSR count). The van der Waals surface area contributed by atoms with Crippen molar-refractivity contribution in [3.05, 3.63) is 71.4 Å². The molecule has 1 aliphatic rings. The topological polar surface area (TPSA) is 45.6 Å². The molecule has 184 valence electrons. The Hall–Kier alpha value is -2.83. The summed E-state index contributed by atoms with van der Waals surface area (Å²) in [5.74, 6) is 0. The molecule has 0 saturated carbocycles. The lowest BCUT2D eigenvalue weighted by atomic mass is 10.1. The van der Waals surface area contributed by atoms with Crippen LogP contribution in [0, 0.1) is 6.92 Å². The molecule has 0 radical (unpaired) electrons. The molecule has 0 amide bonds. The fourth-order valence-corrected chi connectivity index (χ4v) is 7.15. The maximum Gasteiger partial charge on any atom is 0.244 e. The molecule has 2 heterocycles. The summed E-state index contributed by atoms with van der Waals surface area (Å²) >= 11 is 0. The van der Waals surface area contributed by atoms with Gasteiger partial charge < -0.3 is 9.47 Å². The summed E-state index contributed by atoms with van der Waals surface area (Å²) in [5.41, 5.74) is 5.97. The third-order valence-electron chi connectivity index (χ3n) is 7.32. The van der Waals surface area contributed by atoms with Gasteiger partial charge in [0.15, 0.2) is 0 Å². The molecule has 4 aromatic rings. The van der Waals surface area contributed by atoms with E-state index in [-0.39, 0.29) is 0 Å². The summed E-state index contributed by atoms with van der Waals surface area (Å²) in [7, 11) is 0.316. The Bertz CT molecular complexity index is 1500. The van der Waals surface area contributed by atoms with Crippen molar-refractivity contribution in [2.75, 3.05) is 25.5 Å². The molecule has 1 aromatic heterocycles. The molecule has 5 nitrogen and oxygen atoms in total. The van der Waals surface area contributed by atoms with Crippen molar-refractivity contribution >= 4 is 37.4 Å². The first-order valence-corrected chi connectivity index (χ1v) is 14.1. The second-order valence-corrected chi connectivity index (χ2v) is 11.8. The predicted molar refractivity (Wildman–Crippen MR) is 146 cm³/mol. The predicted octanol–water partition coefficient (Wildman–Crippen LogP) is 6.11. The fourth-order valence-electron chi connectivity index (χ4n) is 5.53. The van der Waals surface area contributed by atoms with Crippen LogP contribution in [0.1, 0.15) is 43.0 Å². The number of sulfonamides is 1. The van der Waals surface area contributed by atoms with Crippen LogP contribution in [0.5, 0.6) is 0 Å². The highest BCUT2D eigenvalue weighted by molar-refractivity contribution is 7.89. The molecule has 0 saturated heterocycles. The first-order valence-electron chi connectivity index (χ1n) is 12.6. The number of fused-ring (bicyclic) bond motifs is 4. The minimum Gasteiger partial charge on any atom is -0.377 e. The largest absolute Gasteiger partial charge is 0.377 e. The lowest BCUT2D eigenvalue weighted by Crippen LogP contribution is -2.36. The molecule has 0 spiro atoms. The van der Waals surface area contributed by atoms with Gasteiger partial charge in [-0.2, -0.15) is 4.31 Å². The zero-order valence-electron chi connectivity index (χ0n) is 21.2. The van der Waals surface area contributed by atoms with Crippen LogP contribution in [0.2, 0.25) is 0 Å². The number of unbranched alkanes of at least 4 members (excludes halogenated alkanes) is 2. The number of aromatic nitrogens is 1. The van der Waals surface area contributed by atoms with E-state index in [1.165, 1.54) is 40.6 Å². The van der Waals surface area contributed by atoms with Crippen molar-refractivity contribution < 1.29 is 8.42 Å². The fraction of sp³-hybridized carbons (Fsp3) is 0.379. The third kappa shape index (κ3) is 4.13. The summed E-state index contributed by atoms with van der Waals surface area (Å²) in [5, 5.41) is 2.93. The second kappa shape index (κ2) is 9.32. The lowest BCUT2D eigenvalue weighted by Gasteiger charge is -2.28. The van der Waals surface area contributed by atoms with E-state index in [1.54, 1.807) is 10.4 Å². The minimum absolute atomic E-state index is 0.393. The average Bonchev–Trinajstić information content (AvgIpc) is 3.15. The van der Waals surface area contributed by atoms with Gasteiger partial charge in [-0.15, -0.1) is 0 Å². The SMILES string of the molecule is CCCCCn1c2c(c3ccc(C)cc31)CN(S(=O)(=O)c1cccc3c(N(C)C)cccc13)CC2. The molecule has 3 aromatic carbocycles. The van der Waals surface area contributed by atoms with Crippen molar-refractivity contribution in [1.82, 2.24) is 8.87 Å². The minimum atomic E-state index is -3.66. The van der Waals surface area contributed by atoms with Crippen molar-refractivity contribution in [3.63, 3.8) is 0 Å². The summed E-state index contributed by atoms with van der Waals surface area (Å²) in [6, 6.07) is 18.1. The van der Waals surface area contributed by atoms with Gasteiger partial charge in [0.2, 0.25) is 10.0 Å². The number of hydrogen-bond acceptors (Lipinski definition) is 3. The molecule has 0 atom stereocenters. The molecule has 0 fully saturated rings. The number of hydrogen-bond donors (Lipinski definition) is 0. The van der Waals surface area contributed by atoms with Crippen LogP contribution < -0.4 is 4.90 Å². The molecule has 1 aliphatic heterocycles. The third-order valence-corrected chi connectivity index (χ3v) is 9.22. The van der Waals surface area contributed by atoms with Crippen molar-refractivity contribution in [1.29, 1.82) is 0 Å². The second-order valence-electron chi connectivity index (χ2n) is 9.92. The maximum absolute atomic E-state index is 14.0. The molecule has 0 unspecified atom stereocenters. The van der Waals surface area contributed by atoms with Crippen molar-refractivity contribution in [2.45, 2.75) is 57.5 Å². The standard InChI is InChI=1S/C29H35N3O2S/c1-5-6-7-17-32-27-16-18-31(20-25(27)23-15-14-21(2)19-28(23)32)35(33,34)29-13-9-10-22-24(29)11-8-12-26(22)30(3)4/h8-15,19H,5-7,16-18,20H2,1-4H3. The average molecular weight is 490 g/mol. The van der Waals surface area contributed by atoms with Crippen LogP contribution >= 0.6 is 0 Å². The van der Waals surface area contributed by atoms with E-state index >= 15 is 0 Å². The smallest absolute Gasteiger partial charge is 0.244 e. The molecule has 0 N–H and O–H groups in total. The Morgan fingerprint density at radius 1 is 0.943 bits per heavy atom. The van der Waals surface area contributed by atoms with Gasteiger partial charge >= 0.3 is 0 Å². The van der Waals surface area contributed by atoms with Crippen LogP contribution in [-0.2, 0) is 29.5 Å². The van der Waals surface area contributed by atoms with Gasteiger partial charge in [-0.3, -0.25) is 0 Å². The Balaban J connectivity index is 1.57. The van der Waals surface area contributed by atoms with Crippen LogP contribution in [0.4, 0.5) is 5.69 Å². The van der Waals surface area contributed by atoms with E-state index in [0.29, 0.717) is 18.0 Å². The Morgan fingerprint density at radius 3 is 2.49 bits per heavy atom. The van der Waals surface area contributed by atoms with E-state index < -0.39 is 10.0 Å². The molecular weight excluding hydrogens is 454 g/mol. The molecule has 35 heavy (non-hydrogen) atoms. The van der Waals surface area contributed by atoms with Gasteiger partial charge in [0.05, 0.1) is 4.90 Å². The van der Waals surface area contributed by atoms with E-state index in [1.807, 2.05) is 49.3 Å². The van der Waals surface area contributed by atoms with E-state index in [2.05, 4.69) is 36.6 Å². The van der Waals surface area contributed by atoms with Gasteiger partial charge in [0.25, 0.3) is 0 Å². The number of rotatable bonds is 7. The van der Waals surface area contributed by atoms with Gasteiger partial charge in [0, 0.05) is 73.2 Å². The first-order chi connectivity index (χ1) is 16.8. The molecule has 0 aliphatic carbocycles. The maximum atomic E-state index is 14.0. The first kappa shape index (κ1) is 23.9. The van der Waals surface area contributed by atoms with Crippen molar-refractivity contribution in [2.24, 2.45) is 0 Å². The van der Waals surface area contributed by atoms with Gasteiger partial charge in [-0.25, -0.2) is 8.42 Å². The molecule has 6 heteroatoms. The zero-order valence-corrected chi connectivity index (χ0v) is 22.0. The highest BCUT2D eigenvalue weighted by atomic mass is 32.2. The molecule has 0 bridgehead atoms. The highest BCUT2D eigenvalue weighted by Crippen LogP contribution is 2.36. The Kier molecular flexibility index (Phi) is 6.36. The van der Waals surface area contributed by atoms with Crippen LogP contribution in [-0.4, -0.2) is 37.9 Å². The number of aryl methyl sites for hydroxylation is 2. The normalized spacial score (nSPS) is 14.5. The Labute approximate surface area is 209 Å². The number of benzene rings is 3. The number of nitrogens with zero attached hydrogens (tertiary/aromatic N) is 3. The van der Waals surface area contributed by atoms with E-state index in [9.17, 15) is 8.42 Å². The van der Waals surface area contributed by atoms with Gasteiger partial charge in [-0.1, -0.05) is 56.2 Å². The van der Waals surface area contributed by atoms with E-state index in [0.717, 1.165) is 35.8 Å². The molecular formula is C29H35N3O2S. The lowest BCUT2D eigenvalue weighted by molar-refractivity contribution is 0.385. The van der Waals surface area contributed by atoms with Crippen LogP contribution in [0.15, 0.2) is 59.5 Å². The van der Waals surface area contributed by atoms with E-state index in [4.69, 9.17) is 0 Å². The number of anilines is 1. The van der Waals surface area contributed by atoms with Gasteiger partial charge in [-0.05, 0) is 42.7 Å².